The van der Waals surface area contributed by atoms with Gasteiger partial charge in [0.25, 0.3) is 11.8 Å². The van der Waals surface area contributed by atoms with Gasteiger partial charge in [-0.25, -0.2) is 0 Å². The number of hydrogen-bond acceptors (Lipinski definition) is 3. The lowest BCUT2D eigenvalue weighted by atomic mass is 10.1. The van der Waals surface area contributed by atoms with Gasteiger partial charge in [-0.2, -0.15) is 0 Å². The molecule has 0 aromatic carbocycles. The van der Waals surface area contributed by atoms with E-state index in [0.29, 0.717) is 25.6 Å². The number of nitrogens with one attached hydrogen (secondary N) is 1. The Hall–Kier alpha value is -2.37. The van der Waals surface area contributed by atoms with Gasteiger partial charge in [-0.1, -0.05) is 38.8 Å². The highest BCUT2D eigenvalue weighted by Crippen LogP contribution is 2.18. The lowest BCUT2D eigenvalue weighted by Gasteiger charge is -2.22. The monoisotopic (exact) mass is 387 g/mol. The van der Waals surface area contributed by atoms with Crippen LogP contribution in [0.3, 0.4) is 0 Å². The molecule has 0 saturated heterocycles. The first-order chi connectivity index (χ1) is 13.2. The highest BCUT2D eigenvalue weighted by molar-refractivity contribution is 5.99. The summed E-state index contributed by atoms with van der Waals surface area (Å²) in [4.78, 5) is 40.4. The molecule has 0 spiro atoms. The average molecular weight is 388 g/mol. The van der Waals surface area contributed by atoms with Gasteiger partial charge < -0.3 is 14.8 Å². The van der Waals surface area contributed by atoms with Crippen molar-refractivity contribution in [3.8, 4) is 0 Å². The standard InChI is InChI=1S/C22H33N3O3/c1-6-25(12-16(4)5)22(28)19-14-24(11-15(2)3)13-18(20(19)26)21(27)23-17-9-7-8-10-17/h13-15,17H,4,6-12H2,1-3,5H3,(H,23,27). The van der Waals surface area contributed by atoms with Gasteiger partial charge in [-0.3, -0.25) is 14.4 Å². The van der Waals surface area contributed by atoms with E-state index >= 15 is 0 Å². The number of amides is 2. The molecule has 6 heteroatoms. The maximum absolute atomic E-state index is 13.0. The summed E-state index contributed by atoms with van der Waals surface area (Å²) >= 11 is 0. The highest BCUT2D eigenvalue weighted by atomic mass is 16.2. The Labute approximate surface area is 167 Å². The minimum atomic E-state index is -0.499. The Morgan fingerprint density at radius 1 is 1.25 bits per heavy atom. The van der Waals surface area contributed by atoms with Gasteiger partial charge in [-0.05, 0) is 32.6 Å². The normalized spacial score (nSPS) is 14.3. The fourth-order valence-electron chi connectivity index (χ4n) is 3.63. The zero-order valence-electron chi connectivity index (χ0n) is 17.6. The predicted molar refractivity (Wildman–Crippen MR) is 112 cm³/mol. The molecule has 0 atom stereocenters. The summed E-state index contributed by atoms with van der Waals surface area (Å²) in [6, 6.07) is 0.111. The largest absolute Gasteiger partial charge is 0.352 e. The summed E-state index contributed by atoms with van der Waals surface area (Å²) in [7, 11) is 0. The van der Waals surface area contributed by atoms with E-state index in [1.54, 1.807) is 21.9 Å². The maximum atomic E-state index is 13.0. The van der Waals surface area contributed by atoms with Gasteiger partial charge in [-0.15, -0.1) is 0 Å². The fraction of sp³-hybridized carbons (Fsp3) is 0.591. The van der Waals surface area contributed by atoms with Crippen molar-refractivity contribution in [2.75, 3.05) is 13.1 Å². The summed E-state index contributed by atoms with van der Waals surface area (Å²) in [5, 5.41) is 2.97. The summed E-state index contributed by atoms with van der Waals surface area (Å²) < 4.78 is 1.79. The number of hydrogen-bond donors (Lipinski definition) is 1. The van der Waals surface area contributed by atoms with E-state index in [2.05, 4.69) is 25.7 Å². The maximum Gasteiger partial charge on any atom is 0.259 e. The van der Waals surface area contributed by atoms with Crippen molar-refractivity contribution in [2.45, 2.75) is 66.0 Å². The molecule has 0 bridgehead atoms. The molecule has 0 radical (unpaired) electrons. The van der Waals surface area contributed by atoms with Crippen LogP contribution >= 0.6 is 0 Å². The van der Waals surface area contributed by atoms with Crippen molar-refractivity contribution in [3.63, 3.8) is 0 Å². The van der Waals surface area contributed by atoms with E-state index in [4.69, 9.17) is 0 Å². The first-order valence-corrected chi connectivity index (χ1v) is 10.2. The van der Waals surface area contributed by atoms with Crippen molar-refractivity contribution in [3.05, 3.63) is 45.9 Å². The van der Waals surface area contributed by atoms with E-state index in [9.17, 15) is 14.4 Å². The molecule has 1 aliphatic carbocycles. The SMILES string of the molecule is C=C(C)CN(CC)C(=O)c1cn(CC(C)C)cc(C(=O)NC2CCCC2)c1=O. The summed E-state index contributed by atoms with van der Waals surface area (Å²) in [5.41, 5.74) is 0.432. The molecule has 0 aliphatic heterocycles. The van der Waals surface area contributed by atoms with Crippen LogP contribution in [0.4, 0.5) is 0 Å². The Morgan fingerprint density at radius 2 is 1.86 bits per heavy atom. The highest BCUT2D eigenvalue weighted by Gasteiger charge is 2.25. The third-order valence-electron chi connectivity index (χ3n) is 4.95. The van der Waals surface area contributed by atoms with E-state index in [1.165, 1.54) is 0 Å². The summed E-state index contributed by atoms with van der Waals surface area (Å²) in [6.45, 7) is 13.2. The minimum Gasteiger partial charge on any atom is -0.352 e. The van der Waals surface area contributed by atoms with E-state index < -0.39 is 5.43 Å². The molecular weight excluding hydrogens is 354 g/mol. The van der Waals surface area contributed by atoms with Crippen molar-refractivity contribution in [1.82, 2.24) is 14.8 Å². The van der Waals surface area contributed by atoms with Crippen LogP contribution < -0.4 is 10.7 Å². The van der Waals surface area contributed by atoms with Gasteiger partial charge in [0.1, 0.15) is 11.1 Å². The Bertz CT molecular complexity index is 789. The van der Waals surface area contributed by atoms with Crippen LogP contribution in [0.15, 0.2) is 29.3 Å². The van der Waals surface area contributed by atoms with Crippen LogP contribution in [0.1, 0.15) is 74.1 Å². The van der Waals surface area contributed by atoms with Gasteiger partial charge in [0.15, 0.2) is 0 Å². The zero-order valence-corrected chi connectivity index (χ0v) is 17.6. The van der Waals surface area contributed by atoms with Crippen molar-refractivity contribution in [2.24, 2.45) is 5.92 Å². The number of carbonyl (C=O) groups excluding carboxylic acids is 2. The molecule has 0 unspecified atom stereocenters. The van der Waals surface area contributed by atoms with Gasteiger partial charge in [0, 0.05) is 38.1 Å². The lowest BCUT2D eigenvalue weighted by Crippen LogP contribution is -2.40. The number of likely N-dealkylation sites (N-methyl/N-ethyl adjacent to an activating group) is 1. The zero-order chi connectivity index (χ0) is 20.8. The molecule has 1 aromatic rings. The lowest BCUT2D eigenvalue weighted by molar-refractivity contribution is 0.0776. The number of carbonyl (C=O) groups is 2. The summed E-state index contributed by atoms with van der Waals surface area (Å²) in [6.07, 6.45) is 7.22. The Kier molecular flexibility index (Phi) is 7.61. The quantitative estimate of drug-likeness (QED) is 0.696. The van der Waals surface area contributed by atoms with Crippen LogP contribution in [-0.2, 0) is 6.54 Å². The van der Waals surface area contributed by atoms with E-state index in [1.807, 2.05) is 13.8 Å². The van der Waals surface area contributed by atoms with Crippen molar-refractivity contribution < 1.29 is 9.59 Å². The third kappa shape index (κ3) is 5.57. The molecular formula is C22H33N3O3. The van der Waals surface area contributed by atoms with Gasteiger partial charge in [0.2, 0.25) is 5.43 Å². The molecule has 6 nitrogen and oxygen atoms in total. The van der Waals surface area contributed by atoms with Crippen molar-refractivity contribution in [1.29, 1.82) is 0 Å². The molecule has 1 heterocycles. The molecule has 2 amide bonds. The fourth-order valence-corrected chi connectivity index (χ4v) is 3.63. The number of rotatable bonds is 8. The average Bonchev–Trinajstić information content (AvgIpc) is 3.12. The molecule has 28 heavy (non-hydrogen) atoms. The first kappa shape index (κ1) is 21.9. The van der Waals surface area contributed by atoms with E-state index in [-0.39, 0.29) is 29.0 Å². The smallest absolute Gasteiger partial charge is 0.259 e. The Morgan fingerprint density at radius 3 is 2.39 bits per heavy atom. The van der Waals surface area contributed by atoms with Gasteiger partial charge in [0.05, 0.1) is 0 Å². The van der Waals surface area contributed by atoms with E-state index in [0.717, 1.165) is 31.3 Å². The second kappa shape index (κ2) is 9.71. The molecule has 1 aromatic heterocycles. The molecule has 1 fully saturated rings. The minimum absolute atomic E-state index is 0.0443. The van der Waals surface area contributed by atoms with Crippen molar-refractivity contribution >= 4 is 11.8 Å². The van der Waals surface area contributed by atoms with Crippen LogP contribution in [0.5, 0.6) is 0 Å². The number of nitrogens with zero attached hydrogens (tertiary/aromatic N) is 2. The van der Waals surface area contributed by atoms with Crippen LogP contribution in [0.2, 0.25) is 0 Å². The van der Waals surface area contributed by atoms with Crippen LogP contribution in [0, 0.1) is 5.92 Å². The predicted octanol–water partition coefficient (Wildman–Crippen LogP) is 3.21. The number of pyridine rings is 1. The third-order valence-corrected chi connectivity index (χ3v) is 4.95. The molecule has 154 valence electrons. The molecule has 1 N–H and O–H groups in total. The summed E-state index contributed by atoms with van der Waals surface area (Å²) in [5.74, 6) is -0.426. The second-order valence-corrected chi connectivity index (χ2v) is 8.24. The topological polar surface area (TPSA) is 71.4 Å². The Balaban J connectivity index is 2.42. The van der Waals surface area contributed by atoms with Crippen LogP contribution in [0.25, 0.3) is 0 Å². The van der Waals surface area contributed by atoms with Gasteiger partial charge >= 0.3 is 0 Å². The molecule has 1 saturated carbocycles. The van der Waals surface area contributed by atoms with Crippen LogP contribution in [-0.4, -0.2) is 40.4 Å². The molecule has 1 aliphatic rings. The second-order valence-electron chi connectivity index (χ2n) is 8.24. The molecule has 2 rings (SSSR count). The first-order valence-electron chi connectivity index (χ1n) is 10.2. The number of aromatic nitrogens is 1.